The molecule has 0 fully saturated rings. The van der Waals surface area contributed by atoms with Crippen LogP contribution in [0.3, 0.4) is 0 Å². The lowest BCUT2D eigenvalue weighted by Gasteiger charge is -2.11. The van der Waals surface area contributed by atoms with E-state index in [1.807, 2.05) is 6.08 Å². The van der Waals surface area contributed by atoms with Gasteiger partial charge in [-0.3, -0.25) is 0 Å². The predicted octanol–water partition coefficient (Wildman–Crippen LogP) is -0.528. The second-order valence-electron chi connectivity index (χ2n) is 2.15. The summed E-state index contributed by atoms with van der Waals surface area (Å²) in [6.45, 7) is 5.00. The molecule has 0 aromatic rings. The number of hydrogen-bond donors (Lipinski definition) is 3. The number of nitrogens with two attached hydrogens (primary N) is 1. The van der Waals surface area contributed by atoms with Gasteiger partial charge in [0.25, 0.3) is 0 Å². The van der Waals surface area contributed by atoms with E-state index in [1.165, 1.54) is 0 Å². The lowest BCUT2D eigenvalue weighted by atomic mass is 10.3. The van der Waals surface area contributed by atoms with Gasteiger partial charge < -0.3 is 16.2 Å². The van der Waals surface area contributed by atoms with Crippen molar-refractivity contribution in [1.29, 1.82) is 0 Å². The molecule has 0 aliphatic carbocycles. The molecule has 0 heterocycles. The minimum atomic E-state index is 0.0416. The second-order valence-corrected chi connectivity index (χ2v) is 2.15. The fourth-order valence-electron chi connectivity index (χ4n) is 0.612. The molecule has 0 spiro atoms. The van der Waals surface area contributed by atoms with Crippen molar-refractivity contribution in [2.75, 3.05) is 19.7 Å². The molecule has 0 aromatic carbocycles. The van der Waals surface area contributed by atoms with Gasteiger partial charge in [-0.1, -0.05) is 6.08 Å². The smallest absolute Gasteiger partial charge is 0.0597 e. The van der Waals surface area contributed by atoms with Crippen LogP contribution in [0.5, 0.6) is 0 Å². The lowest BCUT2D eigenvalue weighted by molar-refractivity contribution is 0.246. The van der Waals surface area contributed by atoms with E-state index in [4.69, 9.17) is 10.8 Å². The van der Waals surface area contributed by atoms with Gasteiger partial charge in [0.1, 0.15) is 0 Å². The molecule has 0 saturated heterocycles. The normalized spacial score (nSPS) is 13.0. The summed E-state index contributed by atoms with van der Waals surface area (Å²) in [5.74, 6) is 0. The Bertz CT molecular complexity index is 81.7. The van der Waals surface area contributed by atoms with Gasteiger partial charge in [0.15, 0.2) is 0 Å². The quantitative estimate of drug-likeness (QED) is 0.347. The van der Waals surface area contributed by atoms with E-state index in [9.17, 15) is 0 Å². The molecule has 0 aromatic heterocycles. The fourth-order valence-corrected chi connectivity index (χ4v) is 0.612. The number of aliphatic hydroxyl groups is 1. The van der Waals surface area contributed by atoms with E-state index < -0.39 is 0 Å². The van der Waals surface area contributed by atoms with E-state index in [-0.39, 0.29) is 12.6 Å². The Balaban J connectivity index is 3.16. The SMILES string of the molecule is C=CCCNC(CN)CO. The molecule has 0 radical (unpaired) electrons. The monoisotopic (exact) mass is 144 g/mol. The van der Waals surface area contributed by atoms with E-state index in [2.05, 4.69) is 11.9 Å². The van der Waals surface area contributed by atoms with Crippen LogP contribution in [0.25, 0.3) is 0 Å². The maximum Gasteiger partial charge on any atom is 0.0597 e. The second kappa shape index (κ2) is 6.74. The van der Waals surface area contributed by atoms with Crippen molar-refractivity contribution in [1.82, 2.24) is 5.32 Å². The summed E-state index contributed by atoms with van der Waals surface area (Å²) < 4.78 is 0. The fraction of sp³-hybridized carbons (Fsp3) is 0.714. The van der Waals surface area contributed by atoms with Gasteiger partial charge in [-0.15, -0.1) is 6.58 Å². The number of hydrogen-bond acceptors (Lipinski definition) is 3. The van der Waals surface area contributed by atoms with Crippen LogP contribution >= 0.6 is 0 Å². The molecule has 0 amide bonds. The van der Waals surface area contributed by atoms with Gasteiger partial charge in [0.05, 0.1) is 6.61 Å². The molecule has 0 saturated carbocycles. The van der Waals surface area contributed by atoms with E-state index in [0.29, 0.717) is 6.54 Å². The van der Waals surface area contributed by atoms with Crippen LogP contribution in [0.15, 0.2) is 12.7 Å². The lowest BCUT2D eigenvalue weighted by Crippen LogP contribution is -2.39. The molecular weight excluding hydrogens is 128 g/mol. The van der Waals surface area contributed by atoms with Crippen LogP contribution in [0.1, 0.15) is 6.42 Å². The predicted molar refractivity (Wildman–Crippen MR) is 42.7 cm³/mol. The van der Waals surface area contributed by atoms with Gasteiger partial charge in [-0.2, -0.15) is 0 Å². The standard InChI is InChI=1S/C7H16N2O/c1-2-3-4-9-7(5-8)6-10/h2,7,9-10H,1,3-6,8H2. The Hall–Kier alpha value is -0.380. The zero-order valence-corrected chi connectivity index (χ0v) is 6.21. The van der Waals surface area contributed by atoms with Crippen LogP contribution in [0, 0.1) is 0 Å². The first-order valence-electron chi connectivity index (χ1n) is 3.50. The van der Waals surface area contributed by atoms with Crippen molar-refractivity contribution >= 4 is 0 Å². The number of nitrogens with one attached hydrogen (secondary N) is 1. The van der Waals surface area contributed by atoms with Gasteiger partial charge in [0.2, 0.25) is 0 Å². The Kier molecular flexibility index (Phi) is 6.48. The summed E-state index contributed by atoms with van der Waals surface area (Å²) in [4.78, 5) is 0. The third-order valence-electron chi connectivity index (χ3n) is 1.29. The molecule has 3 heteroatoms. The highest BCUT2D eigenvalue weighted by Gasteiger charge is 2.00. The summed E-state index contributed by atoms with van der Waals surface area (Å²) in [5, 5.41) is 11.7. The third-order valence-corrected chi connectivity index (χ3v) is 1.29. The largest absolute Gasteiger partial charge is 0.395 e. The molecule has 0 bridgehead atoms. The zero-order valence-electron chi connectivity index (χ0n) is 6.21. The highest BCUT2D eigenvalue weighted by atomic mass is 16.3. The summed E-state index contributed by atoms with van der Waals surface area (Å²) in [7, 11) is 0. The molecule has 0 rings (SSSR count). The summed E-state index contributed by atoms with van der Waals surface area (Å²) in [6.07, 6.45) is 2.74. The van der Waals surface area contributed by atoms with Crippen molar-refractivity contribution < 1.29 is 5.11 Å². The maximum absolute atomic E-state index is 8.66. The van der Waals surface area contributed by atoms with Crippen LogP contribution in [0.2, 0.25) is 0 Å². The summed E-state index contributed by atoms with van der Waals surface area (Å²) >= 11 is 0. The van der Waals surface area contributed by atoms with Crippen LogP contribution in [-0.4, -0.2) is 30.8 Å². The first kappa shape index (κ1) is 9.62. The third kappa shape index (κ3) is 4.49. The topological polar surface area (TPSA) is 58.3 Å². The first-order chi connectivity index (χ1) is 4.85. The van der Waals surface area contributed by atoms with E-state index >= 15 is 0 Å². The Morgan fingerprint density at radius 2 is 2.40 bits per heavy atom. The molecular formula is C7H16N2O. The molecule has 3 nitrogen and oxygen atoms in total. The number of aliphatic hydroxyl groups excluding tert-OH is 1. The van der Waals surface area contributed by atoms with Crippen molar-refractivity contribution in [3.63, 3.8) is 0 Å². The van der Waals surface area contributed by atoms with Crippen LogP contribution < -0.4 is 11.1 Å². The van der Waals surface area contributed by atoms with Crippen molar-refractivity contribution in [3.8, 4) is 0 Å². The van der Waals surface area contributed by atoms with Crippen molar-refractivity contribution in [2.24, 2.45) is 5.73 Å². The van der Waals surface area contributed by atoms with Gasteiger partial charge >= 0.3 is 0 Å². The van der Waals surface area contributed by atoms with E-state index in [0.717, 1.165) is 13.0 Å². The molecule has 60 valence electrons. The van der Waals surface area contributed by atoms with Gasteiger partial charge in [-0.05, 0) is 13.0 Å². The summed E-state index contributed by atoms with van der Waals surface area (Å²) in [5.41, 5.74) is 5.32. The minimum absolute atomic E-state index is 0.0416. The molecule has 1 unspecified atom stereocenters. The van der Waals surface area contributed by atoms with Crippen LogP contribution in [-0.2, 0) is 0 Å². The molecule has 10 heavy (non-hydrogen) atoms. The Labute approximate surface area is 61.9 Å². The van der Waals surface area contributed by atoms with E-state index in [1.54, 1.807) is 0 Å². The Morgan fingerprint density at radius 1 is 1.70 bits per heavy atom. The maximum atomic E-state index is 8.66. The Morgan fingerprint density at radius 3 is 2.80 bits per heavy atom. The highest BCUT2D eigenvalue weighted by molar-refractivity contribution is 4.71. The molecule has 0 aliphatic rings. The van der Waals surface area contributed by atoms with Crippen LogP contribution in [0.4, 0.5) is 0 Å². The van der Waals surface area contributed by atoms with Gasteiger partial charge in [-0.25, -0.2) is 0 Å². The molecule has 0 aliphatic heterocycles. The highest BCUT2D eigenvalue weighted by Crippen LogP contribution is 1.80. The first-order valence-corrected chi connectivity index (χ1v) is 3.50. The molecule has 4 N–H and O–H groups in total. The average molecular weight is 144 g/mol. The van der Waals surface area contributed by atoms with Crippen molar-refractivity contribution in [2.45, 2.75) is 12.5 Å². The average Bonchev–Trinajstić information content (AvgIpc) is 1.99. The minimum Gasteiger partial charge on any atom is -0.395 e. The number of rotatable bonds is 6. The zero-order chi connectivity index (χ0) is 7.82. The van der Waals surface area contributed by atoms with Gasteiger partial charge in [0, 0.05) is 12.6 Å². The molecule has 1 atom stereocenters. The van der Waals surface area contributed by atoms with Crippen molar-refractivity contribution in [3.05, 3.63) is 12.7 Å². The summed E-state index contributed by atoms with van der Waals surface area (Å²) in [6, 6.07) is 0.0416.